The van der Waals surface area contributed by atoms with Crippen molar-refractivity contribution in [2.75, 3.05) is 6.26 Å². The molecule has 0 saturated carbocycles. The first kappa shape index (κ1) is 15.8. The lowest BCUT2D eigenvalue weighted by Crippen LogP contribution is -2.07. The Kier molecular flexibility index (Phi) is 4.25. The minimum Gasteiger partial charge on any atom is -0.288 e. The predicted octanol–water partition coefficient (Wildman–Crippen LogP) is 3.36. The Balaban J connectivity index is 2.53. The van der Waals surface area contributed by atoms with Gasteiger partial charge in [0.25, 0.3) is 0 Å². The molecule has 2 aromatic rings. The molecule has 0 heterocycles. The fourth-order valence-corrected chi connectivity index (χ4v) is 2.70. The van der Waals surface area contributed by atoms with Crippen LogP contribution >= 0.6 is 15.9 Å². The average molecular weight is 375 g/mol. The summed E-state index contributed by atoms with van der Waals surface area (Å²) in [6, 6.07) is 6.80. The van der Waals surface area contributed by atoms with Crippen LogP contribution in [0.25, 0.3) is 0 Å². The van der Waals surface area contributed by atoms with E-state index in [-0.39, 0.29) is 14.9 Å². The maximum absolute atomic E-state index is 13.8. The Bertz CT molecular complexity index is 832. The van der Waals surface area contributed by atoms with Gasteiger partial charge in [0.1, 0.15) is 11.6 Å². The molecule has 0 saturated heterocycles. The van der Waals surface area contributed by atoms with E-state index < -0.39 is 32.8 Å². The van der Waals surface area contributed by atoms with Gasteiger partial charge in [-0.25, -0.2) is 17.2 Å². The molecule has 2 rings (SSSR count). The zero-order valence-electron chi connectivity index (χ0n) is 10.7. The number of halogens is 3. The Morgan fingerprint density at radius 1 is 1.10 bits per heavy atom. The molecule has 0 radical (unpaired) electrons. The molecule has 0 N–H and O–H groups in total. The molecule has 0 amide bonds. The van der Waals surface area contributed by atoms with E-state index in [1.807, 2.05) is 0 Å². The number of carbonyl (C=O) groups excluding carboxylic acids is 1. The number of carbonyl (C=O) groups is 1. The van der Waals surface area contributed by atoms with Crippen LogP contribution in [0.2, 0.25) is 0 Å². The molecular weight excluding hydrogens is 366 g/mol. The summed E-state index contributed by atoms with van der Waals surface area (Å²) in [4.78, 5) is 12.1. The smallest absolute Gasteiger partial charge is 0.196 e. The largest absolute Gasteiger partial charge is 0.288 e. The minimum absolute atomic E-state index is 0.0291. The molecule has 0 spiro atoms. The lowest BCUT2D eigenvalue weighted by atomic mass is 10.0. The van der Waals surface area contributed by atoms with Gasteiger partial charge in [0, 0.05) is 11.8 Å². The second kappa shape index (κ2) is 5.65. The van der Waals surface area contributed by atoms with Gasteiger partial charge in [0.2, 0.25) is 0 Å². The highest BCUT2D eigenvalue weighted by atomic mass is 79.9. The number of benzene rings is 2. The van der Waals surface area contributed by atoms with Gasteiger partial charge in [-0.2, -0.15) is 0 Å². The number of rotatable bonds is 3. The van der Waals surface area contributed by atoms with Gasteiger partial charge in [0.05, 0.1) is 14.9 Å². The van der Waals surface area contributed by atoms with Crippen molar-refractivity contribution >= 4 is 31.6 Å². The molecule has 7 heteroatoms. The van der Waals surface area contributed by atoms with Crippen molar-refractivity contribution in [3.63, 3.8) is 0 Å². The Labute approximate surface area is 128 Å². The average Bonchev–Trinajstić information content (AvgIpc) is 2.41. The monoisotopic (exact) mass is 374 g/mol. The van der Waals surface area contributed by atoms with Crippen LogP contribution in [0.1, 0.15) is 15.9 Å². The molecule has 2 aromatic carbocycles. The standard InChI is InChI=1S/C14H9BrF2O3S/c1-21(19,20)9-4-2-3-8(5-9)14(18)10-6-13(17)11(15)7-12(10)16/h2-7H,1H3. The van der Waals surface area contributed by atoms with Crippen molar-refractivity contribution in [2.45, 2.75) is 4.90 Å². The summed E-state index contributed by atoms with van der Waals surface area (Å²) < 4.78 is 50.0. The summed E-state index contributed by atoms with van der Waals surface area (Å²) in [5.74, 6) is -2.46. The highest BCUT2D eigenvalue weighted by Crippen LogP contribution is 2.23. The molecule has 0 unspecified atom stereocenters. The first-order valence-electron chi connectivity index (χ1n) is 5.69. The highest BCUT2D eigenvalue weighted by molar-refractivity contribution is 9.10. The van der Waals surface area contributed by atoms with Crippen molar-refractivity contribution in [1.82, 2.24) is 0 Å². The fourth-order valence-electron chi connectivity index (χ4n) is 1.72. The van der Waals surface area contributed by atoms with Crippen LogP contribution in [0.15, 0.2) is 45.8 Å². The molecule has 0 aromatic heterocycles. The molecular formula is C14H9BrF2O3S. The maximum Gasteiger partial charge on any atom is 0.196 e. The fraction of sp³-hybridized carbons (Fsp3) is 0.0714. The Morgan fingerprint density at radius 3 is 2.38 bits per heavy atom. The topological polar surface area (TPSA) is 51.2 Å². The Morgan fingerprint density at radius 2 is 1.76 bits per heavy atom. The van der Waals surface area contributed by atoms with Crippen molar-refractivity contribution < 1.29 is 22.0 Å². The molecule has 0 aliphatic carbocycles. The van der Waals surface area contributed by atoms with E-state index in [1.165, 1.54) is 18.2 Å². The van der Waals surface area contributed by atoms with Crippen LogP contribution in [0, 0.1) is 11.6 Å². The van der Waals surface area contributed by atoms with Crippen LogP contribution in [0.4, 0.5) is 8.78 Å². The normalized spacial score (nSPS) is 11.4. The van der Waals surface area contributed by atoms with Crippen LogP contribution in [-0.2, 0) is 9.84 Å². The second-order valence-electron chi connectivity index (χ2n) is 4.38. The number of sulfone groups is 1. The molecule has 0 aliphatic heterocycles. The lowest BCUT2D eigenvalue weighted by Gasteiger charge is -2.06. The number of ketones is 1. The van der Waals surface area contributed by atoms with Gasteiger partial charge < -0.3 is 0 Å². The van der Waals surface area contributed by atoms with Gasteiger partial charge in [-0.1, -0.05) is 12.1 Å². The highest BCUT2D eigenvalue weighted by Gasteiger charge is 2.18. The van der Waals surface area contributed by atoms with Crippen LogP contribution in [0.5, 0.6) is 0 Å². The van der Waals surface area contributed by atoms with E-state index in [1.54, 1.807) is 0 Å². The van der Waals surface area contributed by atoms with Crippen molar-refractivity contribution in [1.29, 1.82) is 0 Å². The van der Waals surface area contributed by atoms with Gasteiger partial charge in [0.15, 0.2) is 15.6 Å². The molecule has 3 nitrogen and oxygen atoms in total. The molecule has 0 bridgehead atoms. The van der Waals surface area contributed by atoms with Gasteiger partial charge in [-0.15, -0.1) is 0 Å². The molecule has 110 valence electrons. The Hall–Kier alpha value is -1.60. The zero-order valence-corrected chi connectivity index (χ0v) is 13.1. The summed E-state index contributed by atoms with van der Waals surface area (Å²) in [5.41, 5.74) is -0.486. The van der Waals surface area contributed by atoms with Crippen molar-refractivity contribution in [3.8, 4) is 0 Å². The second-order valence-corrected chi connectivity index (χ2v) is 7.25. The summed E-state index contributed by atoms with van der Waals surface area (Å²) >= 11 is 2.82. The van der Waals surface area contributed by atoms with E-state index in [4.69, 9.17) is 0 Å². The third-order valence-corrected chi connectivity index (χ3v) is 4.50. The van der Waals surface area contributed by atoms with Gasteiger partial charge in [-0.3, -0.25) is 4.79 Å². The first-order valence-corrected chi connectivity index (χ1v) is 8.38. The van der Waals surface area contributed by atoms with Crippen LogP contribution in [-0.4, -0.2) is 20.5 Å². The van der Waals surface area contributed by atoms with E-state index in [0.29, 0.717) is 0 Å². The minimum atomic E-state index is -3.49. The van der Waals surface area contributed by atoms with Crippen LogP contribution in [0.3, 0.4) is 0 Å². The maximum atomic E-state index is 13.8. The first-order chi connectivity index (χ1) is 9.70. The molecule has 0 atom stereocenters. The number of hydrogen-bond acceptors (Lipinski definition) is 3. The summed E-state index contributed by atoms with van der Waals surface area (Å²) in [6.45, 7) is 0. The van der Waals surface area contributed by atoms with Crippen LogP contribution < -0.4 is 0 Å². The quantitative estimate of drug-likeness (QED) is 0.611. The summed E-state index contributed by atoms with van der Waals surface area (Å²) in [7, 11) is -3.49. The van der Waals surface area contributed by atoms with E-state index in [2.05, 4.69) is 15.9 Å². The zero-order chi connectivity index (χ0) is 15.8. The molecule has 21 heavy (non-hydrogen) atoms. The third-order valence-electron chi connectivity index (χ3n) is 2.78. The predicted molar refractivity (Wildman–Crippen MR) is 77.0 cm³/mol. The van der Waals surface area contributed by atoms with E-state index in [9.17, 15) is 22.0 Å². The van der Waals surface area contributed by atoms with Crippen molar-refractivity contribution in [3.05, 3.63) is 63.6 Å². The lowest BCUT2D eigenvalue weighted by molar-refractivity contribution is 0.103. The van der Waals surface area contributed by atoms with Crippen molar-refractivity contribution in [2.24, 2.45) is 0 Å². The summed E-state index contributed by atoms with van der Waals surface area (Å²) in [6.07, 6.45) is 0.996. The van der Waals surface area contributed by atoms with E-state index >= 15 is 0 Å². The van der Waals surface area contributed by atoms with E-state index in [0.717, 1.165) is 24.5 Å². The SMILES string of the molecule is CS(=O)(=O)c1cccc(C(=O)c2cc(F)c(Br)cc2F)c1. The number of hydrogen-bond donors (Lipinski definition) is 0. The summed E-state index contributed by atoms with van der Waals surface area (Å²) in [5, 5.41) is 0. The van der Waals surface area contributed by atoms with Gasteiger partial charge in [-0.05, 0) is 40.2 Å². The molecule has 0 fully saturated rings. The molecule has 0 aliphatic rings. The van der Waals surface area contributed by atoms with Gasteiger partial charge >= 0.3 is 0 Å². The third kappa shape index (κ3) is 3.36.